The average Bonchev–Trinajstić information content (AvgIpc) is 2.87. The second kappa shape index (κ2) is 12.0. The highest BCUT2D eigenvalue weighted by Gasteiger charge is 2.39. The van der Waals surface area contributed by atoms with Gasteiger partial charge < -0.3 is 4.74 Å². The third kappa shape index (κ3) is 6.84. The Morgan fingerprint density at radius 1 is 0.784 bits per heavy atom. The molecule has 0 N–H and O–H groups in total. The standard InChI is InChI=1S/C31H39ClF3NO/c32-27-14-10-23(11-15-27)30(22-6-4-7-22)25-9-5-8-24(20-25)29(21-36-18-2-1-3-19-36)37-28-16-12-26(13-17-28)31(33,34)35/h10-17,22,24-25,29-30H,1-9,18-21H2. The van der Waals surface area contributed by atoms with Crippen molar-refractivity contribution in [1.82, 2.24) is 4.90 Å². The summed E-state index contributed by atoms with van der Waals surface area (Å²) in [4.78, 5) is 2.50. The Morgan fingerprint density at radius 2 is 1.41 bits per heavy atom. The molecule has 3 fully saturated rings. The van der Waals surface area contributed by atoms with Crippen LogP contribution in [0.25, 0.3) is 0 Å². The van der Waals surface area contributed by atoms with Gasteiger partial charge in [-0.25, -0.2) is 0 Å². The minimum absolute atomic E-state index is 0.00936. The first-order chi connectivity index (χ1) is 17.9. The first-order valence-electron chi connectivity index (χ1n) is 14.2. The number of alkyl halides is 3. The van der Waals surface area contributed by atoms with Gasteiger partial charge in [0.25, 0.3) is 0 Å². The van der Waals surface area contributed by atoms with E-state index in [9.17, 15) is 13.2 Å². The van der Waals surface area contributed by atoms with Crippen LogP contribution in [0.15, 0.2) is 48.5 Å². The van der Waals surface area contributed by atoms with Crippen molar-refractivity contribution in [2.75, 3.05) is 19.6 Å². The molecule has 1 aliphatic heterocycles. The molecule has 2 nitrogen and oxygen atoms in total. The highest BCUT2D eigenvalue weighted by molar-refractivity contribution is 6.30. The molecule has 0 spiro atoms. The maximum Gasteiger partial charge on any atom is 0.416 e. The molecule has 1 heterocycles. The van der Waals surface area contributed by atoms with E-state index in [0.717, 1.165) is 55.5 Å². The third-order valence-electron chi connectivity index (χ3n) is 9.06. The number of rotatable bonds is 8. The maximum absolute atomic E-state index is 13.1. The number of ether oxygens (including phenoxy) is 1. The van der Waals surface area contributed by atoms with Crippen molar-refractivity contribution in [3.63, 3.8) is 0 Å². The predicted molar refractivity (Wildman–Crippen MR) is 143 cm³/mol. The summed E-state index contributed by atoms with van der Waals surface area (Å²) in [6.07, 6.45) is 7.91. The topological polar surface area (TPSA) is 12.5 Å². The second-order valence-electron chi connectivity index (χ2n) is 11.5. The van der Waals surface area contributed by atoms with Crippen LogP contribution < -0.4 is 4.74 Å². The highest BCUT2D eigenvalue weighted by Crippen LogP contribution is 2.49. The molecule has 6 heteroatoms. The SMILES string of the molecule is FC(F)(F)c1ccc(OC(CN2CCCCC2)C2CCCC(C(c3ccc(Cl)cc3)C3CCC3)C2)cc1. The number of benzene rings is 2. The van der Waals surface area contributed by atoms with Gasteiger partial charge in [-0.2, -0.15) is 13.2 Å². The minimum atomic E-state index is -4.33. The van der Waals surface area contributed by atoms with E-state index in [1.54, 1.807) is 0 Å². The second-order valence-corrected chi connectivity index (χ2v) is 11.9. The zero-order chi connectivity index (χ0) is 25.8. The Kier molecular flexibility index (Phi) is 8.70. The molecule has 2 aromatic rings. The van der Waals surface area contributed by atoms with Crippen molar-refractivity contribution in [2.24, 2.45) is 17.8 Å². The average molecular weight is 534 g/mol. The molecule has 202 valence electrons. The monoisotopic (exact) mass is 533 g/mol. The van der Waals surface area contributed by atoms with E-state index in [-0.39, 0.29) is 6.10 Å². The van der Waals surface area contributed by atoms with E-state index in [1.165, 1.54) is 69.1 Å². The lowest BCUT2D eigenvalue weighted by Gasteiger charge is -2.44. The van der Waals surface area contributed by atoms with E-state index in [0.29, 0.717) is 23.5 Å². The smallest absolute Gasteiger partial charge is 0.416 e. The van der Waals surface area contributed by atoms with Gasteiger partial charge in [0.2, 0.25) is 0 Å². The summed E-state index contributed by atoms with van der Waals surface area (Å²) in [5.74, 6) is 2.84. The van der Waals surface area contributed by atoms with E-state index < -0.39 is 11.7 Å². The highest BCUT2D eigenvalue weighted by atomic mass is 35.5. The fourth-order valence-electron chi connectivity index (χ4n) is 6.92. The third-order valence-corrected chi connectivity index (χ3v) is 9.31. The minimum Gasteiger partial charge on any atom is -0.489 e. The van der Waals surface area contributed by atoms with Crippen molar-refractivity contribution in [3.8, 4) is 5.75 Å². The van der Waals surface area contributed by atoms with Crippen LogP contribution in [0.4, 0.5) is 13.2 Å². The van der Waals surface area contributed by atoms with Crippen LogP contribution in [0.1, 0.15) is 81.3 Å². The van der Waals surface area contributed by atoms with Gasteiger partial charge >= 0.3 is 6.18 Å². The molecule has 0 aromatic heterocycles. The molecule has 5 rings (SSSR count). The number of hydrogen-bond donors (Lipinski definition) is 0. The zero-order valence-electron chi connectivity index (χ0n) is 21.6. The number of halogens is 4. The van der Waals surface area contributed by atoms with Gasteiger partial charge in [-0.15, -0.1) is 0 Å². The molecule has 0 bridgehead atoms. The Labute approximate surface area is 224 Å². The van der Waals surface area contributed by atoms with E-state index >= 15 is 0 Å². The summed E-state index contributed by atoms with van der Waals surface area (Å²) in [5, 5.41) is 0.782. The zero-order valence-corrected chi connectivity index (χ0v) is 22.3. The quantitative estimate of drug-likeness (QED) is 0.335. The van der Waals surface area contributed by atoms with E-state index in [1.807, 2.05) is 12.1 Å². The van der Waals surface area contributed by atoms with Gasteiger partial charge in [0.15, 0.2) is 0 Å². The van der Waals surface area contributed by atoms with Gasteiger partial charge in [0, 0.05) is 11.6 Å². The molecule has 4 unspecified atom stereocenters. The van der Waals surface area contributed by atoms with Gasteiger partial charge in [-0.3, -0.25) is 4.90 Å². The van der Waals surface area contributed by atoms with Crippen molar-refractivity contribution >= 4 is 11.6 Å². The van der Waals surface area contributed by atoms with Crippen LogP contribution >= 0.6 is 11.6 Å². The fraction of sp³-hybridized carbons (Fsp3) is 0.613. The summed E-state index contributed by atoms with van der Waals surface area (Å²) in [6, 6.07) is 13.8. The molecule has 2 saturated carbocycles. The molecule has 37 heavy (non-hydrogen) atoms. The van der Waals surface area contributed by atoms with Gasteiger partial charge in [0.05, 0.1) is 5.56 Å². The lowest BCUT2D eigenvalue weighted by atomic mass is 9.62. The van der Waals surface area contributed by atoms with Crippen molar-refractivity contribution < 1.29 is 17.9 Å². The molecule has 2 aliphatic carbocycles. The molecular weight excluding hydrogens is 495 g/mol. The summed E-state index contributed by atoms with van der Waals surface area (Å²) < 4.78 is 45.9. The van der Waals surface area contributed by atoms with Crippen LogP contribution in [-0.2, 0) is 6.18 Å². The molecule has 0 amide bonds. The van der Waals surface area contributed by atoms with Crippen LogP contribution in [0.3, 0.4) is 0 Å². The van der Waals surface area contributed by atoms with Crippen LogP contribution in [0, 0.1) is 17.8 Å². The Morgan fingerprint density at radius 3 is 2.03 bits per heavy atom. The van der Waals surface area contributed by atoms with Crippen molar-refractivity contribution in [3.05, 3.63) is 64.7 Å². The van der Waals surface area contributed by atoms with Gasteiger partial charge in [-0.1, -0.05) is 43.0 Å². The normalized spacial score (nSPS) is 25.3. The summed E-state index contributed by atoms with van der Waals surface area (Å²) in [5.41, 5.74) is 0.785. The number of likely N-dealkylation sites (tertiary alicyclic amines) is 1. The summed E-state index contributed by atoms with van der Waals surface area (Å²) >= 11 is 6.22. The Balaban J connectivity index is 1.34. The van der Waals surface area contributed by atoms with Crippen LogP contribution in [-0.4, -0.2) is 30.6 Å². The van der Waals surface area contributed by atoms with E-state index in [2.05, 4.69) is 17.0 Å². The lowest BCUT2D eigenvalue weighted by molar-refractivity contribution is -0.137. The lowest BCUT2D eigenvalue weighted by Crippen LogP contribution is -2.44. The maximum atomic E-state index is 13.1. The molecular formula is C31H39ClF3NO. The molecule has 2 aromatic carbocycles. The molecule has 4 atom stereocenters. The van der Waals surface area contributed by atoms with E-state index in [4.69, 9.17) is 16.3 Å². The summed E-state index contributed by atoms with van der Waals surface area (Å²) in [7, 11) is 0. The first-order valence-corrected chi connectivity index (χ1v) is 14.6. The Hall–Kier alpha value is -1.72. The summed E-state index contributed by atoms with van der Waals surface area (Å²) in [6.45, 7) is 3.02. The van der Waals surface area contributed by atoms with Gasteiger partial charge in [0.1, 0.15) is 11.9 Å². The molecule has 3 aliphatic rings. The van der Waals surface area contributed by atoms with Crippen molar-refractivity contribution in [2.45, 2.75) is 82.4 Å². The van der Waals surface area contributed by atoms with Crippen LogP contribution in [0.5, 0.6) is 5.75 Å². The number of piperidine rings is 1. The number of hydrogen-bond acceptors (Lipinski definition) is 2. The van der Waals surface area contributed by atoms with Gasteiger partial charge in [-0.05, 0) is 124 Å². The predicted octanol–water partition coefficient (Wildman–Crippen LogP) is 8.98. The largest absolute Gasteiger partial charge is 0.489 e. The molecule has 1 saturated heterocycles. The van der Waals surface area contributed by atoms with Crippen molar-refractivity contribution in [1.29, 1.82) is 0 Å². The number of nitrogens with zero attached hydrogens (tertiary/aromatic N) is 1. The molecule has 0 radical (unpaired) electrons. The van der Waals surface area contributed by atoms with Crippen LogP contribution in [0.2, 0.25) is 5.02 Å². The first kappa shape index (κ1) is 26.9. The Bertz CT molecular complexity index is 983. The fourth-order valence-corrected chi connectivity index (χ4v) is 7.05.